The lowest BCUT2D eigenvalue weighted by Crippen LogP contribution is -2.06. The van der Waals surface area contributed by atoms with E-state index in [2.05, 4.69) is 4.98 Å². The van der Waals surface area contributed by atoms with Crippen molar-refractivity contribution in [2.45, 2.75) is 6.92 Å². The third-order valence-corrected chi connectivity index (χ3v) is 2.71. The number of rotatable bonds is 1. The highest BCUT2D eigenvalue weighted by Gasteiger charge is 2.03. The van der Waals surface area contributed by atoms with Gasteiger partial charge in [0.25, 0.3) is 5.56 Å². The van der Waals surface area contributed by atoms with E-state index in [9.17, 15) is 4.79 Å². The molecule has 0 aliphatic rings. The van der Waals surface area contributed by atoms with Gasteiger partial charge in [-0.15, -0.1) is 0 Å². The van der Waals surface area contributed by atoms with Gasteiger partial charge in [0.2, 0.25) is 0 Å². The number of pyridine rings is 1. The van der Waals surface area contributed by atoms with Crippen LogP contribution in [-0.2, 0) is 0 Å². The van der Waals surface area contributed by atoms with Crippen molar-refractivity contribution < 1.29 is 0 Å². The molecule has 1 heterocycles. The van der Waals surface area contributed by atoms with Crippen LogP contribution in [0.3, 0.4) is 0 Å². The van der Waals surface area contributed by atoms with Crippen molar-refractivity contribution in [3.63, 3.8) is 0 Å². The van der Waals surface area contributed by atoms with Crippen LogP contribution in [0.2, 0.25) is 5.02 Å². The summed E-state index contributed by atoms with van der Waals surface area (Å²) in [6.07, 6.45) is 1.61. The second-order valence-electron chi connectivity index (χ2n) is 3.38. The van der Waals surface area contributed by atoms with E-state index >= 15 is 0 Å². The SMILES string of the molecule is Cc1ccc(-c2ccc[nH]c2=O)cc1Cl. The fourth-order valence-corrected chi connectivity index (χ4v) is 1.59. The maximum absolute atomic E-state index is 11.5. The molecule has 2 aromatic rings. The Kier molecular flexibility index (Phi) is 2.60. The molecule has 1 aromatic carbocycles. The van der Waals surface area contributed by atoms with Crippen molar-refractivity contribution in [3.05, 3.63) is 57.5 Å². The number of aryl methyl sites for hydroxylation is 1. The topological polar surface area (TPSA) is 32.9 Å². The summed E-state index contributed by atoms with van der Waals surface area (Å²) in [6, 6.07) is 9.18. The molecule has 3 heteroatoms. The number of hydrogen-bond donors (Lipinski definition) is 1. The Morgan fingerprint density at radius 3 is 2.73 bits per heavy atom. The Bertz CT molecular complexity index is 545. The normalized spacial score (nSPS) is 10.3. The van der Waals surface area contributed by atoms with E-state index in [0.717, 1.165) is 11.1 Å². The highest BCUT2D eigenvalue weighted by Crippen LogP contribution is 2.22. The molecule has 2 rings (SSSR count). The van der Waals surface area contributed by atoms with E-state index in [4.69, 9.17) is 11.6 Å². The van der Waals surface area contributed by atoms with Gasteiger partial charge in [0.1, 0.15) is 0 Å². The van der Waals surface area contributed by atoms with E-state index in [1.54, 1.807) is 18.3 Å². The second kappa shape index (κ2) is 3.91. The van der Waals surface area contributed by atoms with Crippen LogP contribution in [0.1, 0.15) is 5.56 Å². The predicted octanol–water partition coefficient (Wildman–Crippen LogP) is 3.00. The van der Waals surface area contributed by atoms with Gasteiger partial charge in [0, 0.05) is 16.8 Å². The molecule has 0 spiro atoms. The first-order valence-electron chi connectivity index (χ1n) is 4.63. The smallest absolute Gasteiger partial charge is 0.255 e. The van der Waals surface area contributed by atoms with Gasteiger partial charge in [-0.25, -0.2) is 0 Å². The molecular weight excluding hydrogens is 210 g/mol. The maximum atomic E-state index is 11.5. The monoisotopic (exact) mass is 219 g/mol. The summed E-state index contributed by atoms with van der Waals surface area (Å²) in [4.78, 5) is 14.2. The Labute approximate surface area is 92.5 Å². The molecule has 1 aromatic heterocycles. The lowest BCUT2D eigenvalue weighted by molar-refractivity contribution is 1.24. The van der Waals surface area contributed by atoms with E-state index in [0.29, 0.717) is 10.6 Å². The van der Waals surface area contributed by atoms with Gasteiger partial charge in [-0.05, 0) is 36.2 Å². The largest absolute Gasteiger partial charge is 0.329 e. The van der Waals surface area contributed by atoms with Crippen molar-refractivity contribution in [1.29, 1.82) is 0 Å². The summed E-state index contributed by atoms with van der Waals surface area (Å²) in [5.41, 5.74) is 2.39. The van der Waals surface area contributed by atoms with Gasteiger partial charge in [-0.3, -0.25) is 4.79 Å². The minimum absolute atomic E-state index is 0.0996. The van der Waals surface area contributed by atoms with E-state index in [1.165, 1.54) is 0 Å². The minimum Gasteiger partial charge on any atom is -0.329 e. The summed E-state index contributed by atoms with van der Waals surface area (Å²) >= 11 is 6.00. The Hall–Kier alpha value is -1.54. The summed E-state index contributed by atoms with van der Waals surface area (Å²) < 4.78 is 0. The van der Waals surface area contributed by atoms with Gasteiger partial charge in [-0.2, -0.15) is 0 Å². The number of H-pyrrole nitrogens is 1. The van der Waals surface area contributed by atoms with Crippen molar-refractivity contribution in [3.8, 4) is 11.1 Å². The van der Waals surface area contributed by atoms with Crippen LogP contribution in [0.4, 0.5) is 0 Å². The van der Waals surface area contributed by atoms with E-state index in [1.807, 2.05) is 25.1 Å². The summed E-state index contributed by atoms with van der Waals surface area (Å²) in [7, 11) is 0. The van der Waals surface area contributed by atoms with Gasteiger partial charge < -0.3 is 4.98 Å². The number of aromatic amines is 1. The number of aromatic nitrogens is 1. The zero-order chi connectivity index (χ0) is 10.8. The second-order valence-corrected chi connectivity index (χ2v) is 3.78. The zero-order valence-corrected chi connectivity index (χ0v) is 9.01. The van der Waals surface area contributed by atoms with E-state index in [-0.39, 0.29) is 5.56 Å². The molecule has 0 radical (unpaired) electrons. The minimum atomic E-state index is -0.0996. The molecule has 0 bridgehead atoms. The van der Waals surface area contributed by atoms with Crippen molar-refractivity contribution in [2.75, 3.05) is 0 Å². The van der Waals surface area contributed by atoms with Crippen LogP contribution in [0.25, 0.3) is 11.1 Å². The maximum Gasteiger partial charge on any atom is 0.255 e. The van der Waals surface area contributed by atoms with Crippen molar-refractivity contribution >= 4 is 11.6 Å². The molecule has 1 N–H and O–H groups in total. The summed E-state index contributed by atoms with van der Waals surface area (Å²) in [5, 5.41) is 0.677. The van der Waals surface area contributed by atoms with Crippen molar-refractivity contribution in [1.82, 2.24) is 4.98 Å². The van der Waals surface area contributed by atoms with Gasteiger partial charge in [-0.1, -0.05) is 23.7 Å². The molecule has 0 saturated carbocycles. The fourth-order valence-electron chi connectivity index (χ4n) is 1.41. The van der Waals surface area contributed by atoms with Crippen molar-refractivity contribution in [2.24, 2.45) is 0 Å². The van der Waals surface area contributed by atoms with E-state index < -0.39 is 0 Å². The molecule has 0 unspecified atom stereocenters. The average molecular weight is 220 g/mol. The molecule has 0 fully saturated rings. The molecule has 0 atom stereocenters. The number of benzene rings is 1. The molecule has 0 aliphatic heterocycles. The van der Waals surface area contributed by atoms with Crippen LogP contribution >= 0.6 is 11.6 Å². The standard InChI is InChI=1S/C12H10ClNO/c1-8-4-5-9(7-11(8)13)10-3-2-6-14-12(10)15/h2-7H,1H3,(H,14,15). The van der Waals surface area contributed by atoms with Gasteiger partial charge >= 0.3 is 0 Å². The molecular formula is C12H10ClNO. The first kappa shape index (κ1) is 9.99. The third-order valence-electron chi connectivity index (χ3n) is 2.30. The first-order valence-corrected chi connectivity index (χ1v) is 5.00. The zero-order valence-electron chi connectivity index (χ0n) is 8.25. The highest BCUT2D eigenvalue weighted by atomic mass is 35.5. The fraction of sp³-hybridized carbons (Fsp3) is 0.0833. The van der Waals surface area contributed by atoms with Crippen LogP contribution < -0.4 is 5.56 Å². The predicted molar refractivity (Wildman–Crippen MR) is 62.2 cm³/mol. The van der Waals surface area contributed by atoms with Crippen LogP contribution in [0.5, 0.6) is 0 Å². The van der Waals surface area contributed by atoms with Crippen LogP contribution in [0.15, 0.2) is 41.3 Å². The third kappa shape index (κ3) is 1.95. The lowest BCUT2D eigenvalue weighted by atomic mass is 10.1. The average Bonchev–Trinajstić information content (AvgIpc) is 2.23. The van der Waals surface area contributed by atoms with Crippen LogP contribution in [0, 0.1) is 6.92 Å². The molecule has 76 valence electrons. The first-order chi connectivity index (χ1) is 7.18. The van der Waals surface area contributed by atoms with Crippen LogP contribution in [-0.4, -0.2) is 4.98 Å². The van der Waals surface area contributed by atoms with Gasteiger partial charge in [0.05, 0.1) is 0 Å². The summed E-state index contributed by atoms with van der Waals surface area (Å²) in [5.74, 6) is 0. The number of halogens is 1. The summed E-state index contributed by atoms with van der Waals surface area (Å²) in [6.45, 7) is 1.93. The lowest BCUT2D eigenvalue weighted by Gasteiger charge is -2.02. The number of hydrogen-bond acceptors (Lipinski definition) is 1. The molecule has 0 saturated heterocycles. The molecule has 0 amide bonds. The Balaban J connectivity index is 2.60. The molecule has 15 heavy (non-hydrogen) atoms. The highest BCUT2D eigenvalue weighted by molar-refractivity contribution is 6.31. The molecule has 2 nitrogen and oxygen atoms in total. The molecule has 0 aliphatic carbocycles. The van der Waals surface area contributed by atoms with Gasteiger partial charge in [0.15, 0.2) is 0 Å². The number of nitrogens with one attached hydrogen (secondary N) is 1. The Morgan fingerprint density at radius 2 is 2.07 bits per heavy atom. The Morgan fingerprint density at radius 1 is 1.27 bits per heavy atom. The quantitative estimate of drug-likeness (QED) is 0.786.